The van der Waals surface area contributed by atoms with E-state index in [0.29, 0.717) is 0 Å². The second-order valence-corrected chi connectivity index (χ2v) is 7.57. The number of hydrogen-bond donors (Lipinski definition) is 0. The topological polar surface area (TPSA) is 61.0 Å². The van der Waals surface area contributed by atoms with Crippen LogP contribution in [0.2, 0.25) is 0 Å². The van der Waals surface area contributed by atoms with E-state index in [-0.39, 0.29) is 0 Å². The van der Waals surface area contributed by atoms with Gasteiger partial charge in [-0.3, -0.25) is 0 Å². The minimum absolute atomic E-state index is 0.809. The van der Waals surface area contributed by atoms with Gasteiger partial charge in [0.15, 0.2) is 0 Å². The number of benzene rings is 2. The lowest BCUT2D eigenvalue weighted by atomic mass is 10.2. The Bertz CT molecular complexity index is 1230. The molecule has 4 rings (SSSR count). The quantitative estimate of drug-likeness (QED) is 0.403. The van der Waals surface area contributed by atoms with Crippen LogP contribution in [0.15, 0.2) is 79.4 Å². The van der Waals surface area contributed by atoms with Gasteiger partial charge in [0.1, 0.15) is 11.4 Å². The van der Waals surface area contributed by atoms with Crippen molar-refractivity contribution in [3.8, 4) is 17.1 Å². The molecule has 0 N–H and O–H groups in total. The number of methoxy groups -OCH3 is 1. The highest BCUT2D eigenvalue weighted by Crippen LogP contribution is 2.18. The summed E-state index contributed by atoms with van der Waals surface area (Å²) < 4.78 is 8.96. The Morgan fingerprint density at radius 3 is 2.38 bits per heavy atom. The Hall–Kier alpha value is -4.13. The summed E-state index contributed by atoms with van der Waals surface area (Å²) in [6.45, 7) is 2.01. The predicted octanol–water partition coefficient (Wildman–Crippen LogP) is 4.64. The minimum Gasteiger partial charge on any atom is -0.497 e. The SMILES string of the molecule is COc1ccc(-n2cc(/C(C)=C/C=C\c3cn(-c4ccc(N(C)C)cc4)cn3)nn2)cc1. The van der Waals surface area contributed by atoms with Crippen LogP contribution in [0, 0.1) is 0 Å². The van der Waals surface area contributed by atoms with Crippen molar-refractivity contribution in [2.75, 3.05) is 26.1 Å². The molecule has 162 valence electrons. The van der Waals surface area contributed by atoms with E-state index >= 15 is 0 Å². The van der Waals surface area contributed by atoms with E-state index in [2.05, 4.69) is 44.5 Å². The van der Waals surface area contributed by atoms with Gasteiger partial charge < -0.3 is 14.2 Å². The maximum absolute atomic E-state index is 5.20. The van der Waals surface area contributed by atoms with E-state index in [1.165, 1.54) is 5.69 Å². The molecule has 0 saturated carbocycles. The number of rotatable bonds is 7. The third-order valence-corrected chi connectivity index (χ3v) is 5.11. The lowest BCUT2D eigenvalue weighted by Crippen LogP contribution is -2.08. The van der Waals surface area contributed by atoms with E-state index in [0.717, 1.165) is 34.1 Å². The van der Waals surface area contributed by atoms with Crippen molar-refractivity contribution in [2.45, 2.75) is 6.92 Å². The smallest absolute Gasteiger partial charge is 0.119 e. The van der Waals surface area contributed by atoms with Gasteiger partial charge in [0.25, 0.3) is 0 Å². The lowest BCUT2D eigenvalue weighted by molar-refractivity contribution is 0.414. The van der Waals surface area contributed by atoms with E-state index < -0.39 is 0 Å². The van der Waals surface area contributed by atoms with Crippen LogP contribution in [0.5, 0.6) is 5.75 Å². The molecular weight excluding hydrogens is 400 g/mol. The van der Waals surface area contributed by atoms with Crippen molar-refractivity contribution in [1.82, 2.24) is 24.5 Å². The molecule has 0 aliphatic carbocycles. The molecule has 0 unspecified atom stereocenters. The van der Waals surface area contributed by atoms with Gasteiger partial charge >= 0.3 is 0 Å². The van der Waals surface area contributed by atoms with Gasteiger partial charge in [0.05, 0.1) is 31.0 Å². The lowest BCUT2D eigenvalue weighted by Gasteiger charge is -2.12. The monoisotopic (exact) mass is 426 g/mol. The standard InChI is InChI=1S/C25H26N6O/c1-19(25-17-31(28-27-25)23-12-14-24(32-4)15-13-23)6-5-7-20-16-30(18-26-20)22-10-8-21(9-11-22)29(2)3/h5-18H,1-4H3/b7-5-,19-6+. The average molecular weight is 427 g/mol. The molecule has 0 aliphatic heterocycles. The summed E-state index contributed by atoms with van der Waals surface area (Å²) in [6.07, 6.45) is 11.7. The molecule has 7 nitrogen and oxygen atoms in total. The van der Waals surface area contributed by atoms with Crippen LogP contribution >= 0.6 is 0 Å². The molecule has 0 fully saturated rings. The molecule has 0 aliphatic rings. The van der Waals surface area contributed by atoms with Crippen LogP contribution in [0.1, 0.15) is 18.3 Å². The molecule has 0 saturated heterocycles. The zero-order valence-electron chi connectivity index (χ0n) is 18.7. The molecule has 0 radical (unpaired) electrons. The second kappa shape index (κ2) is 9.34. The fourth-order valence-corrected chi connectivity index (χ4v) is 3.17. The highest BCUT2D eigenvalue weighted by molar-refractivity contribution is 5.64. The summed E-state index contributed by atoms with van der Waals surface area (Å²) in [6, 6.07) is 16.0. The zero-order valence-corrected chi connectivity index (χ0v) is 18.7. The van der Waals surface area contributed by atoms with Gasteiger partial charge in [-0.2, -0.15) is 0 Å². The molecule has 0 bridgehead atoms. The summed E-state index contributed by atoms with van der Waals surface area (Å²) in [5, 5.41) is 8.51. The van der Waals surface area contributed by atoms with Gasteiger partial charge in [-0.25, -0.2) is 9.67 Å². The van der Waals surface area contributed by atoms with Crippen molar-refractivity contribution >= 4 is 17.3 Å². The Labute approximate surface area is 187 Å². The van der Waals surface area contributed by atoms with Gasteiger partial charge in [0, 0.05) is 31.7 Å². The highest BCUT2D eigenvalue weighted by Gasteiger charge is 2.05. The molecule has 2 aromatic carbocycles. The van der Waals surface area contributed by atoms with Gasteiger partial charge in [-0.15, -0.1) is 5.10 Å². The fourth-order valence-electron chi connectivity index (χ4n) is 3.17. The Morgan fingerprint density at radius 2 is 1.69 bits per heavy atom. The normalized spacial score (nSPS) is 11.8. The van der Waals surface area contributed by atoms with E-state index in [1.54, 1.807) is 11.8 Å². The molecule has 2 heterocycles. The first kappa shape index (κ1) is 21.1. The minimum atomic E-state index is 0.809. The average Bonchev–Trinajstić information content (AvgIpc) is 3.49. The Kier molecular flexibility index (Phi) is 6.17. The molecule has 32 heavy (non-hydrogen) atoms. The molecule has 0 amide bonds. The molecular formula is C25H26N6O. The zero-order chi connectivity index (χ0) is 22.5. The molecule has 2 aromatic heterocycles. The summed E-state index contributed by atoms with van der Waals surface area (Å²) in [4.78, 5) is 6.55. The van der Waals surface area contributed by atoms with Crippen molar-refractivity contribution in [3.63, 3.8) is 0 Å². The van der Waals surface area contributed by atoms with E-state index in [9.17, 15) is 0 Å². The third kappa shape index (κ3) is 4.78. The van der Waals surface area contributed by atoms with Gasteiger partial charge in [-0.1, -0.05) is 17.4 Å². The number of ether oxygens (including phenoxy) is 1. The molecule has 0 spiro atoms. The van der Waals surface area contributed by atoms with Crippen LogP contribution in [0.4, 0.5) is 5.69 Å². The summed E-state index contributed by atoms with van der Waals surface area (Å²) in [5.74, 6) is 0.809. The van der Waals surface area contributed by atoms with Crippen LogP contribution in [0.3, 0.4) is 0 Å². The van der Waals surface area contributed by atoms with Crippen LogP contribution in [-0.4, -0.2) is 45.8 Å². The van der Waals surface area contributed by atoms with Crippen molar-refractivity contribution in [1.29, 1.82) is 0 Å². The summed E-state index contributed by atoms with van der Waals surface area (Å²) in [5.41, 5.74) is 5.88. The first-order chi connectivity index (χ1) is 15.5. The molecule has 0 atom stereocenters. The van der Waals surface area contributed by atoms with Gasteiger partial charge in [-0.05, 0) is 67.1 Å². The van der Waals surface area contributed by atoms with Crippen molar-refractivity contribution < 1.29 is 4.74 Å². The fraction of sp³-hybridized carbons (Fsp3) is 0.160. The van der Waals surface area contributed by atoms with Gasteiger partial charge in [0.2, 0.25) is 0 Å². The Balaban J connectivity index is 1.43. The largest absolute Gasteiger partial charge is 0.497 e. The third-order valence-electron chi connectivity index (χ3n) is 5.11. The number of imidazole rings is 1. The molecule has 4 aromatic rings. The number of aromatic nitrogens is 5. The van der Waals surface area contributed by atoms with Crippen LogP contribution in [-0.2, 0) is 0 Å². The first-order valence-corrected chi connectivity index (χ1v) is 10.3. The summed E-state index contributed by atoms with van der Waals surface area (Å²) >= 11 is 0. The van der Waals surface area contributed by atoms with Crippen LogP contribution in [0.25, 0.3) is 23.0 Å². The van der Waals surface area contributed by atoms with E-state index in [4.69, 9.17) is 4.74 Å². The predicted molar refractivity (Wildman–Crippen MR) is 128 cm³/mol. The second-order valence-electron chi connectivity index (χ2n) is 7.57. The van der Waals surface area contributed by atoms with Crippen molar-refractivity contribution in [2.24, 2.45) is 0 Å². The number of nitrogens with zero attached hydrogens (tertiary/aromatic N) is 6. The summed E-state index contributed by atoms with van der Waals surface area (Å²) in [7, 11) is 5.71. The highest BCUT2D eigenvalue weighted by atomic mass is 16.5. The van der Waals surface area contributed by atoms with E-state index in [1.807, 2.05) is 86.8 Å². The van der Waals surface area contributed by atoms with Crippen LogP contribution < -0.4 is 9.64 Å². The molecule has 7 heteroatoms. The maximum Gasteiger partial charge on any atom is 0.119 e. The van der Waals surface area contributed by atoms with Crippen molar-refractivity contribution in [3.05, 3.63) is 90.8 Å². The number of anilines is 1. The Morgan fingerprint density at radius 1 is 0.969 bits per heavy atom. The first-order valence-electron chi connectivity index (χ1n) is 10.3. The number of hydrogen-bond acceptors (Lipinski definition) is 5. The maximum atomic E-state index is 5.20. The number of allylic oxidation sites excluding steroid dienone is 3.